The highest BCUT2D eigenvalue weighted by Crippen LogP contribution is 2.33. The van der Waals surface area contributed by atoms with Crippen molar-refractivity contribution in [1.82, 2.24) is 24.7 Å². The largest absolute Gasteiger partial charge is 0.394 e. The van der Waals surface area contributed by atoms with Gasteiger partial charge in [-0.15, -0.1) is 0 Å². The second-order valence-corrected chi connectivity index (χ2v) is 15.1. The second-order valence-electron chi connectivity index (χ2n) is 13.4. The number of nitrogens with zero attached hydrogens (tertiary/aromatic N) is 5. The van der Waals surface area contributed by atoms with Gasteiger partial charge in [0.25, 0.3) is 21.8 Å². The number of carbonyl (C=O) groups excluding carboxylic acids is 2. The Labute approximate surface area is 310 Å². The van der Waals surface area contributed by atoms with E-state index in [0.717, 1.165) is 36.8 Å². The quantitative estimate of drug-likeness (QED) is 0.130. The number of hydrogen-bond donors (Lipinski definition) is 2. The summed E-state index contributed by atoms with van der Waals surface area (Å²) in [5, 5.41) is 19.2. The van der Waals surface area contributed by atoms with Gasteiger partial charge in [-0.1, -0.05) is 86.4 Å². The van der Waals surface area contributed by atoms with Crippen LogP contribution in [0.1, 0.15) is 83.0 Å². The molecule has 2 amide bonds. The van der Waals surface area contributed by atoms with Gasteiger partial charge in [-0.05, 0) is 68.5 Å². The summed E-state index contributed by atoms with van der Waals surface area (Å²) in [4.78, 5) is 31.8. The van der Waals surface area contributed by atoms with Gasteiger partial charge in [0.15, 0.2) is 16.3 Å². The average molecular weight is 739 g/mol. The predicted molar refractivity (Wildman–Crippen MR) is 202 cm³/mol. The molecule has 0 bridgehead atoms. The molecule has 1 aliphatic rings. The van der Waals surface area contributed by atoms with E-state index < -0.39 is 22.0 Å². The molecule has 0 radical (unpaired) electrons. The van der Waals surface area contributed by atoms with Gasteiger partial charge in [0.05, 0.1) is 23.9 Å². The number of aryl methyl sites for hydroxylation is 2. The summed E-state index contributed by atoms with van der Waals surface area (Å²) in [7, 11) is -4.26. The highest BCUT2D eigenvalue weighted by molar-refractivity contribution is 7.93. The molecule has 6 rings (SSSR count). The van der Waals surface area contributed by atoms with Crippen molar-refractivity contribution in [2.75, 3.05) is 24.4 Å². The number of nitrogens with one attached hydrogen (secondary N) is 1. The number of rotatable bonds is 14. The molecule has 2 aromatic heterocycles. The van der Waals surface area contributed by atoms with E-state index >= 15 is 0 Å². The van der Waals surface area contributed by atoms with E-state index in [-0.39, 0.29) is 52.4 Å². The number of anilines is 1. The highest BCUT2D eigenvalue weighted by Gasteiger charge is 2.33. The second kappa shape index (κ2) is 16.2. The summed E-state index contributed by atoms with van der Waals surface area (Å²) >= 11 is 0. The molecule has 1 atom stereocenters. The zero-order valence-corrected chi connectivity index (χ0v) is 31.4. The first kappa shape index (κ1) is 37.5. The molecule has 12 nitrogen and oxygen atoms in total. The van der Waals surface area contributed by atoms with E-state index in [1.54, 1.807) is 52.0 Å². The molecule has 5 aromatic rings. The predicted octanol–water partition coefficient (Wildman–Crippen LogP) is 6.55. The minimum atomic E-state index is -4.26. The SMILES string of the molecule is CCCCN(CCCC)C(=O)c1cc(C)n(-c2ccc(NS(=O)(=O)c3c(-c4ccccc4)noc3C)cc2C(=O)N2Cc3ccccc3C[C@H]2CO)n1. The number of unbranched alkanes of at least 4 members (excludes halogenated alkanes) is 2. The standard InChI is InChI=1S/C40H46N6O6S/c1-5-7-20-44(21-8-6-2)40(49)35-22-27(3)46(41-35)36-19-18-32(43-53(50,51)38-28(4)52-42-37(38)29-14-10-9-11-15-29)24-34(36)39(48)45-25-31-17-13-12-16-30(31)23-33(45)26-47/h9-19,22,24,33,43,47H,5-8,20-21,23,25-26H2,1-4H3/t33-/m0/s1. The minimum Gasteiger partial charge on any atom is -0.394 e. The smallest absolute Gasteiger partial charge is 0.274 e. The van der Waals surface area contributed by atoms with E-state index in [4.69, 9.17) is 9.62 Å². The van der Waals surface area contributed by atoms with E-state index in [1.807, 2.05) is 42.2 Å². The number of aromatic nitrogens is 3. The van der Waals surface area contributed by atoms with Crippen molar-refractivity contribution in [3.63, 3.8) is 0 Å². The fourth-order valence-corrected chi connectivity index (χ4v) is 8.13. The number of amides is 2. The molecule has 3 aromatic carbocycles. The summed E-state index contributed by atoms with van der Waals surface area (Å²) in [5.74, 6) is -0.494. The van der Waals surface area contributed by atoms with Crippen LogP contribution in [0.4, 0.5) is 5.69 Å². The Kier molecular flexibility index (Phi) is 11.4. The third kappa shape index (κ3) is 7.91. The zero-order valence-electron chi connectivity index (χ0n) is 30.6. The lowest BCUT2D eigenvalue weighted by molar-refractivity contribution is 0.0544. The number of hydrogen-bond acceptors (Lipinski definition) is 8. The van der Waals surface area contributed by atoms with E-state index in [1.165, 1.54) is 13.0 Å². The fourth-order valence-electron chi connectivity index (χ4n) is 6.76. The van der Waals surface area contributed by atoms with Crippen molar-refractivity contribution in [1.29, 1.82) is 0 Å². The van der Waals surface area contributed by atoms with E-state index in [2.05, 4.69) is 23.7 Å². The topological polar surface area (TPSA) is 151 Å². The molecular formula is C40H46N6O6S. The lowest BCUT2D eigenvalue weighted by Crippen LogP contribution is -2.46. The average Bonchev–Trinajstić information content (AvgIpc) is 3.76. The summed E-state index contributed by atoms with van der Waals surface area (Å²) in [6.45, 7) is 8.74. The lowest BCUT2D eigenvalue weighted by Gasteiger charge is -2.36. The molecule has 1 aliphatic heterocycles. The number of carbonyl (C=O) groups is 2. The normalized spacial score (nSPS) is 14.2. The number of fused-ring (bicyclic) bond motifs is 1. The van der Waals surface area contributed by atoms with E-state index in [0.29, 0.717) is 36.5 Å². The molecule has 0 saturated carbocycles. The summed E-state index contributed by atoms with van der Waals surface area (Å²) < 4.78 is 37.5. The summed E-state index contributed by atoms with van der Waals surface area (Å²) in [6.07, 6.45) is 4.10. The van der Waals surface area contributed by atoms with Gasteiger partial charge in [0, 0.05) is 36.6 Å². The molecule has 53 heavy (non-hydrogen) atoms. The first-order valence-corrected chi connectivity index (χ1v) is 19.6. The maximum absolute atomic E-state index is 14.7. The molecule has 0 spiro atoms. The third-order valence-electron chi connectivity index (χ3n) is 9.62. The molecule has 0 unspecified atom stereocenters. The van der Waals surface area contributed by atoms with Crippen molar-refractivity contribution in [2.24, 2.45) is 0 Å². The molecule has 0 fully saturated rings. The van der Waals surface area contributed by atoms with Crippen molar-refractivity contribution >= 4 is 27.5 Å². The van der Waals surface area contributed by atoms with Gasteiger partial charge < -0.3 is 19.4 Å². The molecule has 2 N–H and O–H groups in total. The molecule has 0 aliphatic carbocycles. The van der Waals surface area contributed by atoms with Crippen LogP contribution in [-0.4, -0.2) is 75.8 Å². The van der Waals surface area contributed by atoms with Gasteiger partial charge in [-0.3, -0.25) is 14.3 Å². The van der Waals surface area contributed by atoms with Crippen LogP contribution in [0.3, 0.4) is 0 Å². The fraction of sp³-hybridized carbons (Fsp3) is 0.350. The number of aliphatic hydroxyl groups excluding tert-OH is 1. The Bertz CT molecular complexity index is 2190. The van der Waals surface area contributed by atoms with Crippen LogP contribution in [0, 0.1) is 13.8 Å². The zero-order chi connectivity index (χ0) is 37.7. The molecule has 278 valence electrons. The number of aliphatic hydroxyl groups is 1. The minimum absolute atomic E-state index is 0.110. The summed E-state index contributed by atoms with van der Waals surface area (Å²) in [6, 6.07) is 22.5. The van der Waals surface area contributed by atoms with Crippen molar-refractivity contribution in [2.45, 2.75) is 77.3 Å². The van der Waals surface area contributed by atoms with Gasteiger partial charge >= 0.3 is 0 Å². The molecule has 3 heterocycles. The van der Waals surface area contributed by atoms with Gasteiger partial charge in [-0.2, -0.15) is 5.10 Å². The Hall–Kier alpha value is -5.27. The number of sulfonamides is 1. The first-order valence-electron chi connectivity index (χ1n) is 18.1. The Balaban J connectivity index is 1.42. The maximum atomic E-state index is 14.7. The van der Waals surface area contributed by atoms with Crippen LogP contribution in [0.15, 0.2) is 88.3 Å². The Morgan fingerprint density at radius 2 is 1.62 bits per heavy atom. The third-order valence-corrected chi connectivity index (χ3v) is 11.1. The number of benzene rings is 3. The van der Waals surface area contributed by atoms with Crippen LogP contribution < -0.4 is 4.72 Å². The highest BCUT2D eigenvalue weighted by atomic mass is 32.2. The van der Waals surface area contributed by atoms with E-state index in [9.17, 15) is 23.1 Å². The Morgan fingerprint density at radius 1 is 0.943 bits per heavy atom. The maximum Gasteiger partial charge on any atom is 0.274 e. The van der Waals surface area contributed by atoms with Crippen molar-refractivity contribution in [3.05, 3.63) is 113 Å². The van der Waals surface area contributed by atoms with Gasteiger partial charge in [0.2, 0.25) is 0 Å². The lowest BCUT2D eigenvalue weighted by atomic mass is 9.93. The van der Waals surface area contributed by atoms with Crippen LogP contribution in [0.25, 0.3) is 16.9 Å². The van der Waals surface area contributed by atoms with Gasteiger partial charge in [0.1, 0.15) is 5.69 Å². The van der Waals surface area contributed by atoms with Gasteiger partial charge in [-0.25, -0.2) is 13.1 Å². The molecule has 0 saturated heterocycles. The Morgan fingerprint density at radius 3 is 2.30 bits per heavy atom. The summed E-state index contributed by atoms with van der Waals surface area (Å²) in [5.41, 5.74) is 4.27. The van der Waals surface area contributed by atoms with Crippen LogP contribution in [0.5, 0.6) is 0 Å². The van der Waals surface area contributed by atoms with Crippen molar-refractivity contribution in [3.8, 4) is 16.9 Å². The van der Waals surface area contributed by atoms with Crippen LogP contribution in [-0.2, 0) is 23.0 Å². The van der Waals surface area contributed by atoms with Crippen LogP contribution >= 0.6 is 0 Å². The first-order chi connectivity index (χ1) is 25.6. The monoisotopic (exact) mass is 738 g/mol. The molecule has 13 heteroatoms. The van der Waals surface area contributed by atoms with Crippen molar-refractivity contribution < 1.29 is 27.6 Å². The van der Waals surface area contributed by atoms with Crippen LogP contribution in [0.2, 0.25) is 0 Å². The molecular weight excluding hydrogens is 693 g/mol.